The van der Waals surface area contributed by atoms with Crippen LogP contribution in [0.4, 0.5) is 5.69 Å². The molecular formula is C18H20N2O6. The Morgan fingerprint density at radius 2 is 2.04 bits per heavy atom. The Morgan fingerprint density at radius 3 is 2.69 bits per heavy atom. The molecule has 2 N–H and O–H groups in total. The summed E-state index contributed by atoms with van der Waals surface area (Å²) in [5.74, 6) is 0.288. The third kappa shape index (κ3) is 4.93. The number of carbonyl (C=O) groups is 1. The SMILES string of the molecule is COc1ccc([N+](=O)[O-])c(C(=O)NCC(O)COc2ccccc2C)c1. The quantitative estimate of drug-likeness (QED) is 0.551. The first-order chi connectivity index (χ1) is 12.4. The van der Waals surface area contributed by atoms with E-state index in [-0.39, 0.29) is 24.4 Å². The number of benzene rings is 2. The number of nitro groups is 1. The molecule has 0 spiro atoms. The summed E-state index contributed by atoms with van der Waals surface area (Å²) in [4.78, 5) is 22.7. The average molecular weight is 360 g/mol. The van der Waals surface area contributed by atoms with Gasteiger partial charge in [0.15, 0.2) is 0 Å². The molecule has 0 aliphatic carbocycles. The maximum absolute atomic E-state index is 12.2. The molecule has 0 fully saturated rings. The number of nitro benzene ring substituents is 1. The molecule has 0 aliphatic rings. The van der Waals surface area contributed by atoms with Crippen LogP contribution in [0.2, 0.25) is 0 Å². The van der Waals surface area contributed by atoms with Crippen molar-refractivity contribution >= 4 is 11.6 Å². The van der Waals surface area contributed by atoms with E-state index in [4.69, 9.17) is 9.47 Å². The summed E-state index contributed by atoms with van der Waals surface area (Å²) < 4.78 is 10.5. The maximum atomic E-state index is 12.2. The molecule has 138 valence electrons. The number of para-hydroxylation sites is 1. The lowest BCUT2D eigenvalue weighted by molar-refractivity contribution is -0.385. The summed E-state index contributed by atoms with van der Waals surface area (Å²) in [7, 11) is 1.40. The molecule has 0 saturated carbocycles. The van der Waals surface area contributed by atoms with E-state index in [0.717, 1.165) is 5.56 Å². The van der Waals surface area contributed by atoms with E-state index in [0.29, 0.717) is 11.5 Å². The van der Waals surface area contributed by atoms with Crippen molar-refractivity contribution in [2.75, 3.05) is 20.3 Å². The summed E-state index contributed by atoms with van der Waals surface area (Å²) in [6.07, 6.45) is -0.969. The van der Waals surface area contributed by atoms with Crippen LogP contribution in [0.3, 0.4) is 0 Å². The predicted molar refractivity (Wildman–Crippen MR) is 94.7 cm³/mol. The summed E-state index contributed by atoms with van der Waals surface area (Å²) >= 11 is 0. The van der Waals surface area contributed by atoms with Crippen molar-refractivity contribution in [1.82, 2.24) is 5.32 Å². The fourth-order valence-corrected chi connectivity index (χ4v) is 2.25. The molecule has 2 aromatic carbocycles. The van der Waals surface area contributed by atoms with Gasteiger partial charge in [-0.3, -0.25) is 14.9 Å². The number of methoxy groups -OCH3 is 1. The Balaban J connectivity index is 1.95. The first kappa shape index (κ1) is 19.2. The molecule has 0 aromatic heterocycles. The lowest BCUT2D eigenvalue weighted by Crippen LogP contribution is -2.35. The molecule has 1 unspecified atom stereocenters. The minimum absolute atomic E-state index is 0.0225. The molecule has 1 atom stereocenters. The molecule has 8 nitrogen and oxygen atoms in total. The van der Waals surface area contributed by atoms with Crippen molar-refractivity contribution in [3.8, 4) is 11.5 Å². The van der Waals surface area contributed by atoms with Crippen LogP contribution in [0.25, 0.3) is 0 Å². The van der Waals surface area contributed by atoms with Gasteiger partial charge in [0.2, 0.25) is 0 Å². The monoisotopic (exact) mass is 360 g/mol. The highest BCUT2D eigenvalue weighted by Gasteiger charge is 2.21. The number of nitrogens with zero attached hydrogens (tertiary/aromatic N) is 1. The molecule has 2 aromatic rings. The Morgan fingerprint density at radius 1 is 1.31 bits per heavy atom. The molecule has 26 heavy (non-hydrogen) atoms. The van der Waals surface area contributed by atoms with Gasteiger partial charge in [-0.25, -0.2) is 0 Å². The molecule has 0 bridgehead atoms. The largest absolute Gasteiger partial charge is 0.497 e. The lowest BCUT2D eigenvalue weighted by atomic mass is 10.1. The summed E-state index contributed by atoms with van der Waals surface area (Å²) in [5, 5.41) is 23.5. The first-order valence-electron chi connectivity index (χ1n) is 7.89. The molecule has 0 radical (unpaired) electrons. The third-order valence-corrected chi connectivity index (χ3v) is 3.67. The van der Waals surface area contributed by atoms with Gasteiger partial charge in [-0.1, -0.05) is 18.2 Å². The fourth-order valence-electron chi connectivity index (χ4n) is 2.25. The topological polar surface area (TPSA) is 111 Å². The molecule has 0 saturated heterocycles. The van der Waals surface area contributed by atoms with Crippen molar-refractivity contribution in [2.24, 2.45) is 0 Å². The summed E-state index contributed by atoms with van der Waals surface area (Å²) in [5.41, 5.74) is 0.450. The summed E-state index contributed by atoms with van der Waals surface area (Å²) in [6, 6.07) is 11.2. The van der Waals surface area contributed by atoms with Gasteiger partial charge in [0.1, 0.15) is 29.8 Å². The molecule has 2 rings (SSSR count). The van der Waals surface area contributed by atoms with E-state index in [2.05, 4.69) is 5.32 Å². The van der Waals surface area contributed by atoms with E-state index in [1.54, 1.807) is 6.07 Å². The van der Waals surface area contributed by atoms with Gasteiger partial charge in [0.25, 0.3) is 11.6 Å². The minimum Gasteiger partial charge on any atom is -0.497 e. The van der Waals surface area contributed by atoms with Crippen LogP contribution in [0, 0.1) is 17.0 Å². The van der Waals surface area contributed by atoms with Gasteiger partial charge in [-0.2, -0.15) is 0 Å². The number of amides is 1. The van der Waals surface area contributed by atoms with E-state index in [1.165, 1.54) is 25.3 Å². The van der Waals surface area contributed by atoms with Gasteiger partial charge < -0.3 is 19.9 Å². The summed E-state index contributed by atoms with van der Waals surface area (Å²) in [6.45, 7) is 1.75. The fraction of sp³-hybridized carbons (Fsp3) is 0.278. The number of aliphatic hydroxyl groups excluding tert-OH is 1. The molecule has 0 heterocycles. The predicted octanol–water partition coefficient (Wildman–Crippen LogP) is 2.08. The van der Waals surface area contributed by atoms with E-state index >= 15 is 0 Å². The van der Waals surface area contributed by atoms with Gasteiger partial charge in [-0.05, 0) is 30.7 Å². The Labute approximate surface area is 150 Å². The van der Waals surface area contributed by atoms with Crippen molar-refractivity contribution in [3.63, 3.8) is 0 Å². The van der Waals surface area contributed by atoms with Crippen molar-refractivity contribution < 1.29 is 24.3 Å². The van der Waals surface area contributed by atoms with Crippen LogP contribution >= 0.6 is 0 Å². The number of rotatable bonds is 8. The van der Waals surface area contributed by atoms with E-state index in [1.807, 2.05) is 25.1 Å². The Hall–Kier alpha value is -3.13. The standard InChI is InChI=1S/C18H20N2O6/c1-12-5-3-4-6-17(12)26-11-13(21)10-19-18(22)15-9-14(25-2)7-8-16(15)20(23)24/h3-9,13,21H,10-11H2,1-2H3,(H,19,22). The first-order valence-corrected chi connectivity index (χ1v) is 7.89. The van der Waals surface area contributed by atoms with Crippen LogP contribution in [0.15, 0.2) is 42.5 Å². The molecule has 1 amide bonds. The van der Waals surface area contributed by atoms with Crippen molar-refractivity contribution in [1.29, 1.82) is 0 Å². The van der Waals surface area contributed by atoms with Gasteiger partial charge in [-0.15, -0.1) is 0 Å². The van der Waals surface area contributed by atoms with Crippen LogP contribution < -0.4 is 14.8 Å². The van der Waals surface area contributed by atoms with Crippen molar-refractivity contribution in [2.45, 2.75) is 13.0 Å². The zero-order valence-corrected chi connectivity index (χ0v) is 14.5. The second-order valence-electron chi connectivity index (χ2n) is 5.58. The van der Waals surface area contributed by atoms with E-state index < -0.39 is 16.9 Å². The average Bonchev–Trinajstić information content (AvgIpc) is 2.64. The minimum atomic E-state index is -0.969. The van der Waals surface area contributed by atoms with Gasteiger partial charge in [0.05, 0.1) is 12.0 Å². The van der Waals surface area contributed by atoms with Crippen LogP contribution in [-0.4, -0.2) is 42.3 Å². The van der Waals surface area contributed by atoms with Crippen LogP contribution in [0.1, 0.15) is 15.9 Å². The van der Waals surface area contributed by atoms with Crippen molar-refractivity contribution in [3.05, 3.63) is 63.7 Å². The Bertz CT molecular complexity index is 793. The second-order valence-corrected chi connectivity index (χ2v) is 5.58. The number of hydrogen-bond donors (Lipinski definition) is 2. The van der Waals surface area contributed by atoms with E-state index in [9.17, 15) is 20.0 Å². The number of carbonyl (C=O) groups excluding carboxylic acids is 1. The maximum Gasteiger partial charge on any atom is 0.282 e. The third-order valence-electron chi connectivity index (χ3n) is 3.67. The van der Waals surface area contributed by atoms with Gasteiger partial charge >= 0.3 is 0 Å². The normalized spacial score (nSPS) is 11.5. The second kappa shape index (κ2) is 8.82. The zero-order valence-electron chi connectivity index (χ0n) is 14.5. The number of ether oxygens (including phenoxy) is 2. The highest BCUT2D eigenvalue weighted by molar-refractivity contribution is 5.98. The number of nitrogens with one attached hydrogen (secondary N) is 1. The van der Waals surface area contributed by atoms with Crippen LogP contribution in [0.5, 0.6) is 11.5 Å². The number of aryl methyl sites for hydroxylation is 1. The zero-order chi connectivity index (χ0) is 19.1. The smallest absolute Gasteiger partial charge is 0.282 e. The number of aliphatic hydroxyl groups is 1. The highest BCUT2D eigenvalue weighted by Crippen LogP contribution is 2.23. The van der Waals surface area contributed by atoms with Crippen LogP contribution in [-0.2, 0) is 0 Å². The molecule has 0 aliphatic heterocycles. The number of hydrogen-bond acceptors (Lipinski definition) is 6. The lowest BCUT2D eigenvalue weighted by Gasteiger charge is -2.14. The Kier molecular flexibility index (Phi) is 6.51. The molecular weight excluding hydrogens is 340 g/mol. The molecule has 8 heteroatoms. The highest BCUT2D eigenvalue weighted by atomic mass is 16.6. The van der Waals surface area contributed by atoms with Gasteiger partial charge in [0, 0.05) is 12.6 Å².